The zero-order valence-electron chi connectivity index (χ0n) is 11.2. The molecule has 0 bridgehead atoms. The van der Waals surface area contributed by atoms with Crippen molar-refractivity contribution < 1.29 is 9.63 Å². The van der Waals surface area contributed by atoms with E-state index in [4.69, 9.17) is 4.84 Å². The number of amides is 1. The van der Waals surface area contributed by atoms with Crippen LogP contribution >= 0.6 is 0 Å². The Labute approximate surface area is 103 Å². The Morgan fingerprint density at radius 3 is 2.65 bits per heavy atom. The van der Waals surface area contributed by atoms with E-state index in [1.165, 1.54) is 12.2 Å². The topological polar surface area (TPSA) is 42.4 Å². The van der Waals surface area contributed by atoms with Crippen LogP contribution in [-0.4, -0.2) is 30.1 Å². The molecule has 4 heteroatoms. The molecule has 1 heterocycles. The number of hydrogen-bond acceptors (Lipinski definition) is 3. The van der Waals surface area contributed by atoms with Gasteiger partial charge < -0.3 is 0 Å². The first kappa shape index (κ1) is 13.6. The Morgan fingerprint density at radius 2 is 2.12 bits per heavy atom. The van der Waals surface area contributed by atoms with Gasteiger partial charge in [0.1, 0.15) is 0 Å². The van der Waals surface area contributed by atoms with Crippen molar-refractivity contribution in [3.8, 4) is 0 Å². The average molecular weight is 236 g/mol. The first-order valence-electron chi connectivity index (χ1n) is 5.73. The van der Waals surface area contributed by atoms with Gasteiger partial charge in [-0.25, -0.2) is 5.06 Å². The van der Waals surface area contributed by atoms with Crippen LogP contribution in [-0.2, 0) is 11.3 Å². The summed E-state index contributed by atoms with van der Waals surface area (Å²) in [6.45, 7) is 6.16. The molecule has 1 amide bonds. The molecule has 0 saturated carbocycles. The summed E-state index contributed by atoms with van der Waals surface area (Å²) < 4.78 is 0. The van der Waals surface area contributed by atoms with Crippen molar-refractivity contribution in [1.82, 2.24) is 10.0 Å². The number of aryl methyl sites for hydroxylation is 1. The van der Waals surface area contributed by atoms with Crippen molar-refractivity contribution in [2.24, 2.45) is 5.92 Å². The molecule has 1 aromatic heterocycles. The Bertz CT molecular complexity index is 402. The molecule has 1 rings (SSSR count). The van der Waals surface area contributed by atoms with Crippen LogP contribution < -0.4 is 0 Å². The molecule has 0 spiro atoms. The molecule has 0 aliphatic carbocycles. The fourth-order valence-corrected chi connectivity index (χ4v) is 1.65. The summed E-state index contributed by atoms with van der Waals surface area (Å²) in [5, 5.41) is 1.22. The van der Waals surface area contributed by atoms with Crippen molar-refractivity contribution in [2.45, 2.75) is 27.2 Å². The smallest absolute Gasteiger partial charge is 0.274 e. The van der Waals surface area contributed by atoms with E-state index >= 15 is 0 Å². The normalized spacial score (nSPS) is 10.7. The van der Waals surface area contributed by atoms with Crippen LogP contribution in [0.5, 0.6) is 0 Å². The molecule has 94 valence electrons. The standard InChI is InChI=1S/C13H20N2O2/c1-9(2)6-12-8-11(7-10(3)14-12)13(16)15(4)17-5/h7-9H,6H2,1-5H3. The maximum atomic E-state index is 11.9. The lowest BCUT2D eigenvalue weighted by Gasteiger charge is -2.15. The van der Waals surface area contributed by atoms with E-state index in [1.807, 2.05) is 13.0 Å². The second kappa shape index (κ2) is 5.77. The van der Waals surface area contributed by atoms with Crippen molar-refractivity contribution >= 4 is 5.91 Å². The van der Waals surface area contributed by atoms with Crippen LogP contribution in [0.15, 0.2) is 12.1 Å². The first-order valence-corrected chi connectivity index (χ1v) is 5.73. The number of hydrogen-bond donors (Lipinski definition) is 0. The molecule has 4 nitrogen and oxygen atoms in total. The number of carbonyl (C=O) groups excluding carboxylic acids is 1. The number of carbonyl (C=O) groups is 1. The number of rotatable bonds is 4. The zero-order chi connectivity index (χ0) is 13.0. The minimum atomic E-state index is -0.150. The zero-order valence-corrected chi connectivity index (χ0v) is 11.2. The van der Waals surface area contributed by atoms with Gasteiger partial charge in [-0.15, -0.1) is 0 Å². The molecule has 0 fully saturated rings. The van der Waals surface area contributed by atoms with Crippen LogP contribution in [0, 0.1) is 12.8 Å². The lowest BCUT2D eigenvalue weighted by atomic mass is 10.1. The highest BCUT2D eigenvalue weighted by Gasteiger charge is 2.13. The van der Waals surface area contributed by atoms with E-state index in [0.29, 0.717) is 11.5 Å². The molecule has 0 saturated heterocycles. The molecule has 0 unspecified atom stereocenters. The summed E-state index contributed by atoms with van der Waals surface area (Å²) in [5.74, 6) is 0.371. The summed E-state index contributed by atoms with van der Waals surface area (Å²) in [7, 11) is 3.07. The summed E-state index contributed by atoms with van der Waals surface area (Å²) in [5.41, 5.74) is 2.43. The van der Waals surface area contributed by atoms with E-state index in [1.54, 1.807) is 13.1 Å². The molecule has 0 aliphatic heterocycles. The van der Waals surface area contributed by atoms with E-state index in [9.17, 15) is 4.79 Å². The highest BCUT2D eigenvalue weighted by atomic mass is 16.7. The summed E-state index contributed by atoms with van der Waals surface area (Å²) >= 11 is 0. The number of hydroxylamine groups is 2. The number of pyridine rings is 1. The van der Waals surface area contributed by atoms with Gasteiger partial charge in [0, 0.05) is 24.0 Å². The van der Waals surface area contributed by atoms with Gasteiger partial charge in [0.15, 0.2) is 0 Å². The van der Waals surface area contributed by atoms with Gasteiger partial charge in [0.2, 0.25) is 0 Å². The highest BCUT2D eigenvalue weighted by Crippen LogP contribution is 2.12. The Hall–Kier alpha value is -1.42. The third-order valence-electron chi connectivity index (χ3n) is 2.43. The molecule has 0 aliphatic rings. The van der Waals surface area contributed by atoms with Crippen LogP contribution in [0.2, 0.25) is 0 Å². The molecule has 0 N–H and O–H groups in total. The molecule has 1 aromatic rings. The SMILES string of the molecule is CON(C)C(=O)c1cc(C)nc(CC(C)C)c1. The summed E-state index contributed by atoms with van der Waals surface area (Å²) in [6, 6.07) is 3.62. The summed E-state index contributed by atoms with van der Waals surface area (Å²) in [4.78, 5) is 21.3. The van der Waals surface area contributed by atoms with Gasteiger partial charge in [0.05, 0.1) is 7.11 Å². The van der Waals surface area contributed by atoms with Crippen LogP contribution in [0.25, 0.3) is 0 Å². The fraction of sp³-hybridized carbons (Fsp3) is 0.538. The second-order valence-electron chi connectivity index (χ2n) is 4.57. The van der Waals surface area contributed by atoms with Gasteiger partial charge in [-0.2, -0.15) is 0 Å². The third-order valence-corrected chi connectivity index (χ3v) is 2.43. The van der Waals surface area contributed by atoms with E-state index in [2.05, 4.69) is 18.8 Å². The van der Waals surface area contributed by atoms with Crippen LogP contribution in [0.1, 0.15) is 35.6 Å². The minimum absolute atomic E-state index is 0.150. The highest BCUT2D eigenvalue weighted by molar-refractivity contribution is 5.93. The van der Waals surface area contributed by atoms with Gasteiger partial charge >= 0.3 is 0 Å². The Morgan fingerprint density at radius 1 is 1.47 bits per heavy atom. The molecular weight excluding hydrogens is 216 g/mol. The predicted octanol–water partition coefficient (Wildman–Crippen LogP) is 2.22. The predicted molar refractivity (Wildman–Crippen MR) is 66.6 cm³/mol. The van der Waals surface area contributed by atoms with E-state index in [-0.39, 0.29) is 5.91 Å². The first-order chi connectivity index (χ1) is 7.93. The van der Waals surface area contributed by atoms with Crippen molar-refractivity contribution in [3.63, 3.8) is 0 Å². The van der Waals surface area contributed by atoms with Gasteiger partial charge in [-0.3, -0.25) is 14.6 Å². The number of aromatic nitrogens is 1. The van der Waals surface area contributed by atoms with E-state index < -0.39 is 0 Å². The van der Waals surface area contributed by atoms with Gasteiger partial charge in [0.25, 0.3) is 5.91 Å². The lowest BCUT2D eigenvalue weighted by molar-refractivity contribution is -0.0757. The fourth-order valence-electron chi connectivity index (χ4n) is 1.65. The quantitative estimate of drug-likeness (QED) is 0.753. The van der Waals surface area contributed by atoms with E-state index in [0.717, 1.165) is 17.8 Å². The average Bonchev–Trinajstić information content (AvgIpc) is 2.25. The molecule has 0 aromatic carbocycles. The maximum Gasteiger partial charge on any atom is 0.277 e. The molecule has 17 heavy (non-hydrogen) atoms. The van der Waals surface area contributed by atoms with Crippen LogP contribution in [0.3, 0.4) is 0 Å². The molecule has 0 radical (unpaired) electrons. The largest absolute Gasteiger partial charge is 0.277 e. The van der Waals surface area contributed by atoms with Crippen molar-refractivity contribution in [3.05, 3.63) is 29.1 Å². The maximum absolute atomic E-state index is 11.9. The second-order valence-corrected chi connectivity index (χ2v) is 4.57. The van der Waals surface area contributed by atoms with Crippen molar-refractivity contribution in [1.29, 1.82) is 0 Å². The Balaban J connectivity index is 3.00. The molecule has 0 atom stereocenters. The Kier molecular flexibility index (Phi) is 4.63. The van der Waals surface area contributed by atoms with Crippen molar-refractivity contribution in [2.75, 3.05) is 14.2 Å². The lowest BCUT2D eigenvalue weighted by Crippen LogP contribution is -2.25. The monoisotopic (exact) mass is 236 g/mol. The van der Waals surface area contributed by atoms with Gasteiger partial charge in [-0.1, -0.05) is 13.8 Å². The van der Waals surface area contributed by atoms with Gasteiger partial charge in [-0.05, 0) is 31.4 Å². The van der Waals surface area contributed by atoms with Crippen LogP contribution in [0.4, 0.5) is 0 Å². The third kappa shape index (κ3) is 3.82. The molecular formula is C13H20N2O2. The minimum Gasteiger partial charge on any atom is -0.274 e. The summed E-state index contributed by atoms with van der Waals surface area (Å²) in [6.07, 6.45) is 0.874. The number of nitrogens with zero attached hydrogens (tertiary/aromatic N) is 2.